The van der Waals surface area contributed by atoms with Crippen molar-refractivity contribution in [2.24, 2.45) is 10.7 Å². The Morgan fingerprint density at radius 1 is 1.06 bits per heavy atom. The highest BCUT2D eigenvalue weighted by Gasteiger charge is 2.22. The van der Waals surface area contributed by atoms with Gasteiger partial charge >= 0.3 is 0 Å². The summed E-state index contributed by atoms with van der Waals surface area (Å²) in [5, 5.41) is 2.93. The number of amides is 2. The standard InChI is InChI=1S/C29H34N4O3/c1-3-12-33(13-4-2)29(36)23-15-21-10-11-22(16-25(21)32-27(30)17-23)28(35)31-18-19-8-9-20-6-5-7-26(34)24(20)14-19/h8-11,14-16H,3-7,12-13,17-18H2,1-2H3,(H2,30,32)(H,31,35). The third kappa shape index (κ3) is 5.73. The van der Waals surface area contributed by atoms with E-state index in [2.05, 4.69) is 24.2 Å². The van der Waals surface area contributed by atoms with Crippen molar-refractivity contribution in [1.82, 2.24) is 10.2 Å². The van der Waals surface area contributed by atoms with Crippen molar-refractivity contribution in [1.29, 1.82) is 0 Å². The number of hydrogen-bond donors (Lipinski definition) is 2. The van der Waals surface area contributed by atoms with Crippen LogP contribution < -0.4 is 11.1 Å². The van der Waals surface area contributed by atoms with E-state index in [1.165, 1.54) is 0 Å². The van der Waals surface area contributed by atoms with Crippen LogP contribution in [0.25, 0.3) is 6.08 Å². The van der Waals surface area contributed by atoms with Gasteiger partial charge in [0.2, 0.25) is 5.91 Å². The SMILES string of the molecule is CCCN(CCC)C(=O)C1=Cc2ccc(C(=O)NCc3ccc4c(c3)C(=O)CCC4)cc2N=C(N)C1. The predicted octanol–water partition coefficient (Wildman–Crippen LogP) is 4.56. The Hall–Kier alpha value is -3.74. The van der Waals surface area contributed by atoms with E-state index in [4.69, 9.17) is 5.73 Å². The van der Waals surface area contributed by atoms with Crippen LogP contribution in [0, 0.1) is 0 Å². The number of ketones is 1. The summed E-state index contributed by atoms with van der Waals surface area (Å²) in [5.41, 5.74) is 11.3. The molecule has 3 N–H and O–H groups in total. The smallest absolute Gasteiger partial charge is 0.251 e. The maximum atomic E-state index is 13.2. The Morgan fingerprint density at radius 3 is 2.58 bits per heavy atom. The molecule has 7 heteroatoms. The molecule has 0 saturated carbocycles. The normalized spacial score (nSPS) is 14.7. The first-order valence-electron chi connectivity index (χ1n) is 12.8. The Kier molecular flexibility index (Phi) is 7.98. The molecule has 0 unspecified atom stereocenters. The highest BCUT2D eigenvalue weighted by Crippen LogP contribution is 2.29. The van der Waals surface area contributed by atoms with Gasteiger partial charge in [-0.1, -0.05) is 32.0 Å². The van der Waals surface area contributed by atoms with Gasteiger partial charge in [-0.25, -0.2) is 4.99 Å². The second-order valence-electron chi connectivity index (χ2n) is 9.47. The summed E-state index contributed by atoms with van der Waals surface area (Å²) in [6.07, 6.45) is 6.29. The number of nitrogens with one attached hydrogen (secondary N) is 1. The van der Waals surface area contributed by atoms with Crippen molar-refractivity contribution in [2.45, 2.75) is 58.9 Å². The fourth-order valence-electron chi connectivity index (χ4n) is 4.80. The van der Waals surface area contributed by atoms with E-state index in [0.717, 1.165) is 47.9 Å². The minimum Gasteiger partial charge on any atom is -0.387 e. The quantitative estimate of drug-likeness (QED) is 0.571. The molecule has 7 nitrogen and oxygen atoms in total. The van der Waals surface area contributed by atoms with Gasteiger partial charge in [-0.3, -0.25) is 14.4 Å². The highest BCUT2D eigenvalue weighted by atomic mass is 16.2. The molecule has 0 aromatic heterocycles. The number of Topliss-reactive ketones (excluding diaryl/α,β-unsaturated/α-hetero) is 1. The molecule has 1 aliphatic heterocycles. The molecular weight excluding hydrogens is 452 g/mol. The first-order valence-corrected chi connectivity index (χ1v) is 12.8. The lowest BCUT2D eigenvalue weighted by atomic mass is 9.89. The molecule has 0 fully saturated rings. The van der Waals surface area contributed by atoms with Gasteiger partial charge in [-0.05, 0) is 61.1 Å². The van der Waals surface area contributed by atoms with Gasteiger partial charge in [0.15, 0.2) is 5.78 Å². The molecule has 1 aliphatic carbocycles. The Labute approximate surface area is 212 Å². The van der Waals surface area contributed by atoms with Gasteiger partial charge in [0.25, 0.3) is 5.91 Å². The lowest BCUT2D eigenvalue weighted by Gasteiger charge is -2.22. The summed E-state index contributed by atoms with van der Waals surface area (Å²) in [7, 11) is 0. The number of benzene rings is 2. The van der Waals surface area contributed by atoms with Crippen LogP contribution in [0.15, 0.2) is 47.0 Å². The van der Waals surface area contributed by atoms with Crippen LogP contribution in [-0.2, 0) is 17.8 Å². The average Bonchev–Trinajstić information content (AvgIpc) is 3.04. The minimum atomic E-state index is -0.239. The number of nitrogens with two attached hydrogens (primary N) is 1. The van der Waals surface area contributed by atoms with Crippen LogP contribution in [0.5, 0.6) is 0 Å². The predicted molar refractivity (Wildman–Crippen MR) is 142 cm³/mol. The van der Waals surface area contributed by atoms with Crippen LogP contribution >= 0.6 is 0 Å². The number of carbonyl (C=O) groups is 3. The van der Waals surface area contributed by atoms with E-state index in [-0.39, 0.29) is 24.0 Å². The number of amidine groups is 1. The molecule has 2 aliphatic rings. The fraction of sp³-hybridized carbons (Fsp3) is 0.379. The number of fused-ring (bicyclic) bond motifs is 2. The number of nitrogens with zero attached hydrogens (tertiary/aromatic N) is 2. The third-order valence-electron chi connectivity index (χ3n) is 6.58. The molecular formula is C29H34N4O3. The van der Waals surface area contributed by atoms with E-state index in [0.29, 0.717) is 48.7 Å². The topological polar surface area (TPSA) is 105 Å². The second kappa shape index (κ2) is 11.3. The maximum absolute atomic E-state index is 13.2. The van der Waals surface area contributed by atoms with Crippen LogP contribution in [0.3, 0.4) is 0 Å². The van der Waals surface area contributed by atoms with Crippen LogP contribution in [-0.4, -0.2) is 41.4 Å². The molecule has 0 atom stereocenters. The largest absolute Gasteiger partial charge is 0.387 e. The molecule has 36 heavy (non-hydrogen) atoms. The van der Waals surface area contributed by atoms with Crippen molar-refractivity contribution >= 4 is 35.2 Å². The van der Waals surface area contributed by atoms with Crippen molar-refractivity contribution in [2.75, 3.05) is 13.1 Å². The van der Waals surface area contributed by atoms with E-state index < -0.39 is 0 Å². The molecule has 0 radical (unpaired) electrons. The van der Waals surface area contributed by atoms with Crippen molar-refractivity contribution in [3.8, 4) is 0 Å². The zero-order chi connectivity index (χ0) is 25.7. The van der Waals surface area contributed by atoms with Gasteiger partial charge in [-0.2, -0.15) is 0 Å². The summed E-state index contributed by atoms with van der Waals surface area (Å²) < 4.78 is 0. The van der Waals surface area contributed by atoms with Crippen LogP contribution in [0.4, 0.5) is 5.69 Å². The van der Waals surface area contributed by atoms with E-state index in [1.54, 1.807) is 18.2 Å². The Balaban J connectivity index is 1.50. The molecule has 1 heterocycles. The molecule has 0 saturated heterocycles. The van der Waals surface area contributed by atoms with Gasteiger partial charge in [0, 0.05) is 54.7 Å². The Bertz CT molecular complexity index is 1240. The summed E-state index contributed by atoms with van der Waals surface area (Å²) >= 11 is 0. The highest BCUT2D eigenvalue weighted by molar-refractivity contribution is 6.06. The lowest BCUT2D eigenvalue weighted by molar-refractivity contribution is -0.127. The monoisotopic (exact) mass is 486 g/mol. The van der Waals surface area contributed by atoms with Crippen molar-refractivity contribution in [3.63, 3.8) is 0 Å². The van der Waals surface area contributed by atoms with E-state index in [9.17, 15) is 14.4 Å². The lowest BCUT2D eigenvalue weighted by Crippen LogP contribution is -2.34. The fourth-order valence-corrected chi connectivity index (χ4v) is 4.80. The van der Waals surface area contributed by atoms with E-state index in [1.807, 2.05) is 29.2 Å². The maximum Gasteiger partial charge on any atom is 0.251 e. The van der Waals surface area contributed by atoms with Crippen molar-refractivity contribution < 1.29 is 14.4 Å². The van der Waals surface area contributed by atoms with Gasteiger partial charge in [0.05, 0.1) is 5.69 Å². The van der Waals surface area contributed by atoms with Gasteiger partial charge in [-0.15, -0.1) is 0 Å². The number of hydrogen-bond acceptors (Lipinski definition) is 5. The molecule has 4 rings (SSSR count). The van der Waals surface area contributed by atoms with Gasteiger partial charge < -0.3 is 16.0 Å². The zero-order valence-corrected chi connectivity index (χ0v) is 21.1. The summed E-state index contributed by atoms with van der Waals surface area (Å²) in [6.45, 7) is 5.84. The molecule has 0 spiro atoms. The minimum absolute atomic E-state index is 0.0185. The first-order chi connectivity index (χ1) is 17.4. The number of rotatable bonds is 8. The first kappa shape index (κ1) is 25.4. The molecule has 2 amide bonds. The number of aliphatic imine (C=N–C) groups is 1. The Morgan fingerprint density at radius 2 is 1.83 bits per heavy atom. The summed E-state index contributed by atoms with van der Waals surface area (Å²) in [4.78, 5) is 44.6. The average molecular weight is 487 g/mol. The molecule has 0 bridgehead atoms. The molecule has 188 valence electrons. The second-order valence-corrected chi connectivity index (χ2v) is 9.47. The summed E-state index contributed by atoms with van der Waals surface area (Å²) in [5.74, 6) is 0.258. The number of carbonyl (C=O) groups excluding carboxylic acids is 3. The van der Waals surface area contributed by atoms with E-state index >= 15 is 0 Å². The third-order valence-corrected chi connectivity index (χ3v) is 6.58. The molecule has 2 aromatic rings. The van der Waals surface area contributed by atoms with Crippen molar-refractivity contribution in [3.05, 3.63) is 69.8 Å². The van der Waals surface area contributed by atoms with Crippen LogP contribution in [0.1, 0.15) is 83.4 Å². The zero-order valence-electron chi connectivity index (χ0n) is 21.1. The van der Waals surface area contributed by atoms with Crippen LogP contribution in [0.2, 0.25) is 0 Å². The molecule has 2 aromatic carbocycles. The number of aryl methyl sites for hydroxylation is 1. The van der Waals surface area contributed by atoms with Gasteiger partial charge in [0.1, 0.15) is 5.84 Å². The summed E-state index contributed by atoms with van der Waals surface area (Å²) in [6, 6.07) is 11.1.